The summed E-state index contributed by atoms with van der Waals surface area (Å²) in [6.07, 6.45) is 5.80. The van der Waals surface area contributed by atoms with E-state index in [1.165, 1.54) is 45.3 Å². The van der Waals surface area contributed by atoms with Crippen molar-refractivity contribution >= 4 is 0 Å². The van der Waals surface area contributed by atoms with Crippen LogP contribution in [0, 0.1) is 11.8 Å². The average Bonchev–Trinajstić information content (AvgIpc) is 3.02. The monoisotopic (exact) mass is 224 g/mol. The zero-order valence-electron chi connectivity index (χ0n) is 11.2. The Morgan fingerprint density at radius 1 is 1.19 bits per heavy atom. The first-order valence-corrected chi connectivity index (χ1v) is 7.18. The van der Waals surface area contributed by atoms with Crippen LogP contribution in [-0.4, -0.2) is 36.6 Å². The highest BCUT2D eigenvalue weighted by molar-refractivity contribution is 4.96. The first kappa shape index (κ1) is 12.4. The van der Waals surface area contributed by atoms with Crippen LogP contribution < -0.4 is 5.32 Å². The molecule has 2 rings (SSSR count). The number of rotatable bonds is 7. The van der Waals surface area contributed by atoms with Gasteiger partial charge < -0.3 is 5.32 Å². The predicted octanol–water partition coefficient (Wildman–Crippen LogP) is 2.49. The fourth-order valence-corrected chi connectivity index (χ4v) is 2.95. The molecule has 0 aliphatic heterocycles. The van der Waals surface area contributed by atoms with Crippen LogP contribution in [0.5, 0.6) is 0 Å². The third-order valence-electron chi connectivity index (χ3n) is 4.14. The molecule has 16 heavy (non-hydrogen) atoms. The van der Waals surface area contributed by atoms with Gasteiger partial charge in [0.2, 0.25) is 0 Å². The van der Waals surface area contributed by atoms with E-state index in [4.69, 9.17) is 0 Å². The van der Waals surface area contributed by atoms with Crippen molar-refractivity contribution in [1.82, 2.24) is 10.2 Å². The SMILES string of the molecule is CCN(C1CC1)C1CCC1CNCC(C)C. The molecule has 0 spiro atoms. The highest BCUT2D eigenvalue weighted by atomic mass is 15.2. The first-order chi connectivity index (χ1) is 7.72. The van der Waals surface area contributed by atoms with Crippen molar-refractivity contribution in [2.24, 2.45) is 11.8 Å². The second-order valence-corrected chi connectivity index (χ2v) is 6.02. The van der Waals surface area contributed by atoms with Crippen LogP contribution in [0.15, 0.2) is 0 Å². The third-order valence-corrected chi connectivity index (χ3v) is 4.14. The molecule has 0 bridgehead atoms. The van der Waals surface area contributed by atoms with Gasteiger partial charge in [0.05, 0.1) is 0 Å². The van der Waals surface area contributed by atoms with Gasteiger partial charge in [0.25, 0.3) is 0 Å². The van der Waals surface area contributed by atoms with Gasteiger partial charge in [-0.3, -0.25) is 4.90 Å². The number of hydrogen-bond acceptors (Lipinski definition) is 2. The van der Waals surface area contributed by atoms with Gasteiger partial charge in [-0.15, -0.1) is 0 Å². The summed E-state index contributed by atoms with van der Waals surface area (Å²) in [5, 5.41) is 3.63. The maximum atomic E-state index is 3.63. The van der Waals surface area contributed by atoms with Crippen LogP contribution in [0.1, 0.15) is 46.5 Å². The molecule has 0 saturated heterocycles. The van der Waals surface area contributed by atoms with Gasteiger partial charge in [0, 0.05) is 12.1 Å². The zero-order valence-corrected chi connectivity index (χ0v) is 11.2. The molecule has 2 aliphatic carbocycles. The molecule has 2 nitrogen and oxygen atoms in total. The summed E-state index contributed by atoms with van der Waals surface area (Å²) in [7, 11) is 0. The largest absolute Gasteiger partial charge is 0.316 e. The molecule has 0 aromatic rings. The maximum absolute atomic E-state index is 3.63. The van der Waals surface area contributed by atoms with Crippen molar-refractivity contribution < 1.29 is 0 Å². The molecule has 0 heterocycles. The van der Waals surface area contributed by atoms with E-state index in [9.17, 15) is 0 Å². The van der Waals surface area contributed by atoms with Gasteiger partial charge in [-0.05, 0) is 57.2 Å². The number of hydrogen-bond donors (Lipinski definition) is 1. The van der Waals surface area contributed by atoms with Crippen molar-refractivity contribution in [2.45, 2.75) is 58.5 Å². The topological polar surface area (TPSA) is 15.3 Å². The van der Waals surface area contributed by atoms with Crippen molar-refractivity contribution in [3.8, 4) is 0 Å². The van der Waals surface area contributed by atoms with E-state index in [1.807, 2.05) is 0 Å². The Bertz CT molecular complexity index is 211. The summed E-state index contributed by atoms with van der Waals surface area (Å²) in [4.78, 5) is 2.77. The van der Waals surface area contributed by atoms with E-state index in [-0.39, 0.29) is 0 Å². The summed E-state index contributed by atoms with van der Waals surface area (Å²) in [6.45, 7) is 10.6. The van der Waals surface area contributed by atoms with Gasteiger partial charge in [-0.1, -0.05) is 20.8 Å². The van der Waals surface area contributed by atoms with Gasteiger partial charge in [-0.2, -0.15) is 0 Å². The molecule has 0 amide bonds. The van der Waals surface area contributed by atoms with Crippen molar-refractivity contribution in [3.63, 3.8) is 0 Å². The van der Waals surface area contributed by atoms with E-state index in [0.717, 1.165) is 23.9 Å². The summed E-state index contributed by atoms with van der Waals surface area (Å²) in [5.41, 5.74) is 0. The molecule has 2 atom stereocenters. The molecule has 0 radical (unpaired) electrons. The molecule has 2 saturated carbocycles. The second kappa shape index (κ2) is 5.50. The zero-order chi connectivity index (χ0) is 11.5. The van der Waals surface area contributed by atoms with E-state index in [2.05, 4.69) is 31.0 Å². The Morgan fingerprint density at radius 3 is 2.38 bits per heavy atom. The summed E-state index contributed by atoms with van der Waals surface area (Å²) in [5.74, 6) is 1.71. The predicted molar refractivity (Wildman–Crippen MR) is 69.6 cm³/mol. The van der Waals surface area contributed by atoms with Gasteiger partial charge in [0.1, 0.15) is 0 Å². The average molecular weight is 224 g/mol. The van der Waals surface area contributed by atoms with Crippen LogP contribution in [-0.2, 0) is 0 Å². The van der Waals surface area contributed by atoms with Crippen LogP contribution in [0.4, 0.5) is 0 Å². The minimum atomic E-state index is 0.782. The molecule has 2 aliphatic rings. The quantitative estimate of drug-likeness (QED) is 0.715. The molecule has 1 N–H and O–H groups in total. The first-order valence-electron chi connectivity index (χ1n) is 7.18. The molecule has 0 aromatic carbocycles. The van der Waals surface area contributed by atoms with Gasteiger partial charge >= 0.3 is 0 Å². The molecule has 2 unspecified atom stereocenters. The van der Waals surface area contributed by atoms with Crippen LogP contribution >= 0.6 is 0 Å². The minimum absolute atomic E-state index is 0.782. The summed E-state index contributed by atoms with van der Waals surface area (Å²) >= 11 is 0. The lowest BCUT2D eigenvalue weighted by Crippen LogP contribution is -2.51. The Morgan fingerprint density at radius 2 is 1.94 bits per heavy atom. The highest BCUT2D eigenvalue weighted by Crippen LogP contribution is 2.38. The highest BCUT2D eigenvalue weighted by Gasteiger charge is 2.40. The van der Waals surface area contributed by atoms with Gasteiger partial charge in [-0.25, -0.2) is 0 Å². The number of nitrogens with zero attached hydrogens (tertiary/aromatic N) is 1. The lowest BCUT2D eigenvalue weighted by atomic mass is 9.78. The van der Waals surface area contributed by atoms with E-state index >= 15 is 0 Å². The Labute approximate surface area is 101 Å². The fourth-order valence-electron chi connectivity index (χ4n) is 2.95. The molecule has 94 valence electrons. The third kappa shape index (κ3) is 2.98. The van der Waals surface area contributed by atoms with Crippen molar-refractivity contribution in [2.75, 3.05) is 19.6 Å². The van der Waals surface area contributed by atoms with Crippen molar-refractivity contribution in [3.05, 3.63) is 0 Å². The summed E-state index contributed by atoms with van der Waals surface area (Å²) < 4.78 is 0. The molecule has 2 fully saturated rings. The van der Waals surface area contributed by atoms with Crippen molar-refractivity contribution in [1.29, 1.82) is 0 Å². The second-order valence-electron chi connectivity index (χ2n) is 6.02. The van der Waals surface area contributed by atoms with E-state index < -0.39 is 0 Å². The Balaban J connectivity index is 1.70. The molecular formula is C14H28N2. The molecule has 2 heteroatoms. The van der Waals surface area contributed by atoms with Crippen LogP contribution in [0.3, 0.4) is 0 Å². The van der Waals surface area contributed by atoms with Gasteiger partial charge in [0.15, 0.2) is 0 Å². The van der Waals surface area contributed by atoms with Crippen LogP contribution in [0.2, 0.25) is 0 Å². The maximum Gasteiger partial charge on any atom is 0.0139 e. The molecule has 0 aromatic heterocycles. The molecular weight excluding hydrogens is 196 g/mol. The van der Waals surface area contributed by atoms with E-state index in [0.29, 0.717) is 0 Å². The standard InChI is InChI=1S/C14H28N2/c1-4-16(13-6-7-13)14-8-5-12(14)10-15-9-11(2)3/h11-15H,4-10H2,1-3H3. The fraction of sp³-hybridized carbons (Fsp3) is 1.00. The normalized spacial score (nSPS) is 29.8. The van der Waals surface area contributed by atoms with E-state index in [1.54, 1.807) is 0 Å². The smallest absolute Gasteiger partial charge is 0.0139 e. The summed E-state index contributed by atoms with van der Waals surface area (Å²) in [6, 6.07) is 1.85. The lowest BCUT2D eigenvalue weighted by molar-refractivity contribution is 0.0591. The Kier molecular flexibility index (Phi) is 4.26. The Hall–Kier alpha value is -0.0800. The lowest BCUT2D eigenvalue weighted by Gasteiger charge is -2.44. The number of nitrogens with one attached hydrogen (secondary N) is 1. The minimum Gasteiger partial charge on any atom is -0.316 e. The van der Waals surface area contributed by atoms with Crippen LogP contribution in [0.25, 0.3) is 0 Å².